The van der Waals surface area contributed by atoms with Crippen LogP contribution in [-0.4, -0.2) is 99.5 Å². The van der Waals surface area contributed by atoms with Gasteiger partial charge in [0.2, 0.25) is 0 Å². The largest absolute Gasteiger partial charge is 0.378 e. The first-order valence-electron chi connectivity index (χ1n) is 15.4. The van der Waals surface area contributed by atoms with Gasteiger partial charge < -0.3 is 19.5 Å². The second-order valence-electron chi connectivity index (χ2n) is 11.9. The quantitative estimate of drug-likeness (QED) is 0.276. The van der Waals surface area contributed by atoms with E-state index in [1.807, 2.05) is 42.9 Å². The van der Waals surface area contributed by atoms with Gasteiger partial charge in [0.05, 0.1) is 29.6 Å². The highest BCUT2D eigenvalue weighted by atomic mass is 19.1. The van der Waals surface area contributed by atoms with Crippen LogP contribution in [0.3, 0.4) is 0 Å². The van der Waals surface area contributed by atoms with Crippen molar-refractivity contribution < 1.29 is 9.13 Å². The van der Waals surface area contributed by atoms with Gasteiger partial charge in [-0.3, -0.25) is 15.0 Å². The number of H-pyrrole nitrogens is 2. The fourth-order valence-corrected chi connectivity index (χ4v) is 6.35. The Morgan fingerprint density at radius 2 is 1.73 bits per heavy atom. The van der Waals surface area contributed by atoms with Gasteiger partial charge in [-0.1, -0.05) is 12.1 Å². The van der Waals surface area contributed by atoms with Crippen molar-refractivity contribution in [2.75, 3.05) is 64.4 Å². The third kappa shape index (κ3) is 5.54. The number of morpholine rings is 1. The molecule has 0 saturated carbocycles. The summed E-state index contributed by atoms with van der Waals surface area (Å²) in [5.41, 5.74) is 8.61. The molecule has 4 aromatic heterocycles. The lowest BCUT2D eigenvalue weighted by Gasteiger charge is -2.32. The summed E-state index contributed by atoms with van der Waals surface area (Å²) < 4.78 is 20.4. The van der Waals surface area contributed by atoms with E-state index in [9.17, 15) is 4.39 Å². The molecule has 2 aliphatic rings. The van der Waals surface area contributed by atoms with Crippen LogP contribution < -0.4 is 4.90 Å². The standard InChI is InChI=1S/C34H34FN9O/c1-42-5-7-43(8-6-42)21-22-13-24(19-36-18-22)25-16-29-32(40-41-33(29)37-20-25)34-38-30-4-2-3-28(31(30)39-34)23-14-26(35)17-27(15-23)44-9-11-45-12-10-44/h2-4,13-20H,5-12,21H2,1H3,(H,38,39)(H,37,40,41). The van der Waals surface area contributed by atoms with Gasteiger partial charge >= 0.3 is 0 Å². The normalized spacial score (nSPS) is 16.6. The van der Waals surface area contributed by atoms with Gasteiger partial charge in [0.25, 0.3) is 0 Å². The summed E-state index contributed by atoms with van der Waals surface area (Å²) in [5.74, 6) is 0.368. The Bertz CT molecular complexity index is 1990. The minimum atomic E-state index is -0.276. The Morgan fingerprint density at radius 3 is 2.60 bits per heavy atom. The summed E-state index contributed by atoms with van der Waals surface area (Å²) in [7, 11) is 2.17. The number of ether oxygens (including phenoxy) is 1. The van der Waals surface area contributed by atoms with E-state index in [2.05, 4.69) is 59.0 Å². The number of rotatable bonds is 6. The molecule has 11 heteroatoms. The third-order valence-electron chi connectivity index (χ3n) is 8.86. The van der Waals surface area contributed by atoms with E-state index in [0.29, 0.717) is 24.7 Å². The number of nitrogens with one attached hydrogen (secondary N) is 2. The maximum atomic E-state index is 14.9. The number of benzene rings is 2. The monoisotopic (exact) mass is 603 g/mol. The molecule has 8 rings (SSSR count). The summed E-state index contributed by atoms with van der Waals surface area (Å²) >= 11 is 0. The van der Waals surface area contributed by atoms with Crippen LogP contribution in [0.1, 0.15) is 5.56 Å². The molecule has 45 heavy (non-hydrogen) atoms. The number of hydrogen-bond donors (Lipinski definition) is 2. The molecule has 10 nitrogen and oxygen atoms in total. The molecule has 2 saturated heterocycles. The molecule has 0 radical (unpaired) electrons. The van der Waals surface area contributed by atoms with Gasteiger partial charge in [-0.25, -0.2) is 14.4 Å². The first-order chi connectivity index (χ1) is 22.1. The van der Waals surface area contributed by atoms with Crippen molar-refractivity contribution in [3.05, 3.63) is 78.5 Å². The van der Waals surface area contributed by atoms with E-state index in [0.717, 1.165) is 95.9 Å². The molecular weight excluding hydrogens is 569 g/mol. The summed E-state index contributed by atoms with van der Waals surface area (Å²) in [6.07, 6.45) is 5.68. The van der Waals surface area contributed by atoms with Crippen molar-refractivity contribution in [1.82, 2.24) is 39.9 Å². The average molecular weight is 604 g/mol. The number of aromatic nitrogens is 6. The SMILES string of the molecule is CN1CCN(Cc2cncc(-c3cnc4n[nH]c(-c5nc6c(-c7cc(F)cc(N8CCOCC8)c7)cccc6[nH]5)c4c3)c2)CC1. The second-order valence-corrected chi connectivity index (χ2v) is 11.9. The Labute approximate surface area is 259 Å². The van der Waals surface area contributed by atoms with Gasteiger partial charge in [-0.05, 0) is 54.6 Å². The molecule has 2 aliphatic heterocycles. The van der Waals surface area contributed by atoms with Crippen LogP contribution >= 0.6 is 0 Å². The number of nitrogens with zero attached hydrogens (tertiary/aromatic N) is 7. The van der Waals surface area contributed by atoms with Gasteiger partial charge in [-0.2, -0.15) is 5.10 Å². The number of aromatic amines is 2. The Hall–Kier alpha value is -4.71. The average Bonchev–Trinajstić information content (AvgIpc) is 3.70. The van der Waals surface area contributed by atoms with Gasteiger partial charge in [0.15, 0.2) is 11.5 Å². The molecule has 0 atom stereocenters. The van der Waals surface area contributed by atoms with Crippen molar-refractivity contribution in [3.8, 4) is 33.8 Å². The molecule has 0 amide bonds. The first kappa shape index (κ1) is 27.8. The number of fused-ring (bicyclic) bond motifs is 2. The number of imidazole rings is 1. The maximum absolute atomic E-state index is 14.9. The Morgan fingerprint density at radius 1 is 0.889 bits per heavy atom. The van der Waals surface area contributed by atoms with E-state index < -0.39 is 0 Å². The smallest absolute Gasteiger partial charge is 0.181 e. The highest BCUT2D eigenvalue weighted by Gasteiger charge is 2.19. The Kier molecular flexibility index (Phi) is 7.21. The summed E-state index contributed by atoms with van der Waals surface area (Å²) in [5, 5.41) is 8.48. The topological polar surface area (TPSA) is 102 Å². The predicted octanol–water partition coefficient (Wildman–Crippen LogP) is 4.95. The van der Waals surface area contributed by atoms with Crippen LogP contribution in [-0.2, 0) is 11.3 Å². The number of hydrogen-bond acceptors (Lipinski definition) is 8. The van der Waals surface area contributed by atoms with Crippen LogP contribution in [0.5, 0.6) is 0 Å². The minimum Gasteiger partial charge on any atom is -0.378 e. The lowest BCUT2D eigenvalue weighted by atomic mass is 10.0. The van der Waals surface area contributed by atoms with Crippen LogP contribution in [0.4, 0.5) is 10.1 Å². The second kappa shape index (κ2) is 11.7. The van der Waals surface area contributed by atoms with Crippen LogP contribution in [0.25, 0.3) is 55.8 Å². The van der Waals surface area contributed by atoms with Crippen molar-refractivity contribution >= 4 is 27.8 Å². The molecule has 0 spiro atoms. The Balaban J connectivity index is 1.13. The van der Waals surface area contributed by atoms with Crippen molar-refractivity contribution in [1.29, 1.82) is 0 Å². The van der Waals surface area contributed by atoms with Gasteiger partial charge in [0, 0.05) is 86.8 Å². The van der Waals surface area contributed by atoms with E-state index in [1.165, 1.54) is 5.56 Å². The maximum Gasteiger partial charge on any atom is 0.181 e. The van der Waals surface area contributed by atoms with E-state index in [1.54, 1.807) is 12.1 Å². The van der Waals surface area contributed by atoms with Crippen molar-refractivity contribution in [2.24, 2.45) is 0 Å². The fraction of sp³-hybridized carbons (Fsp3) is 0.294. The van der Waals surface area contributed by atoms with Gasteiger partial charge in [0.1, 0.15) is 11.5 Å². The van der Waals surface area contributed by atoms with E-state index >= 15 is 0 Å². The summed E-state index contributed by atoms with van der Waals surface area (Å²) in [6, 6.07) is 15.4. The molecule has 0 aliphatic carbocycles. The molecule has 6 aromatic rings. The molecule has 0 bridgehead atoms. The minimum absolute atomic E-state index is 0.276. The van der Waals surface area contributed by atoms with Crippen LogP contribution in [0.2, 0.25) is 0 Å². The predicted molar refractivity (Wildman–Crippen MR) is 173 cm³/mol. The first-order valence-corrected chi connectivity index (χ1v) is 15.4. The molecule has 228 valence electrons. The number of piperazine rings is 1. The zero-order chi connectivity index (χ0) is 30.3. The molecular formula is C34H34FN9O. The molecule has 6 heterocycles. The number of likely N-dealkylation sites (N-methyl/N-ethyl adjacent to an activating group) is 1. The molecule has 2 N–H and O–H groups in total. The zero-order valence-electron chi connectivity index (χ0n) is 25.1. The van der Waals surface area contributed by atoms with E-state index in [-0.39, 0.29) is 5.82 Å². The number of pyridine rings is 2. The van der Waals surface area contributed by atoms with E-state index in [4.69, 9.17) is 9.72 Å². The third-order valence-corrected chi connectivity index (χ3v) is 8.86. The molecule has 2 fully saturated rings. The summed E-state index contributed by atoms with van der Waals surface area (Å²) in [6.45, 7) is 7.89. The number of para-hydroxylation sites is 1. The van der Waals surface area contributed by atoms with Crippen molar-refractivity contribution in [3.63, 3.8) is 0 Å². The number of anilines is 1. The van der Waals surface area contributed by atoms with Crippen LogP contribution in [0.15, 0.2) is 67.1 Å². The highest BCUT2D eigenvalue weighted by Crippen LogP contribution is 2.34. The summed E-state index contributed by atoms with van der Waals surface area (Å²) in [4.78, 5) is 24.7. The fourth-order valence-electron chi connectivity index (χ4n) is 6.35. The highest BCUT2D eigenvalue weighted by molar-refractivity contribution is 5.97. The number of halogens is 1. The molecule has 2 aromatic carbocycles. The lowest BCUT2D eigenvalue weighted by molar-refractivity contribution is 0.122. The molecule has 0 unspecified atom stereocenters. The van der Waals surface area contributed by atoms with Crippen LogP contribution in [0, 0.1) is 5.82 Å². The zero-order valence-corrected chi connectivity index (χ0v) is 25.1. The van der Waals surface area contributed by atoms with Gasteiger partial charge in [-0.15, -0.1) is 0 Å². The lowest BCUT2D eigenvalue weighted by Crippen LogP contribution is -2.43. The van der Waals surface area contributed by atoms with Crippen molar-refractivity contribution in [2.45, 2.75) is 6.54 Å².